The molecule has 0 fully saturated rings. The molecule has 2 aromatic rings. The first-order valence-corrected chi connectivity index (χ1v) is 6.72. The number of hydrogen-bond donors (Lipinski definition) is 1. The maximum absolute atomic E-state index is 9.28. The summed E-state index contributed by atoms with van der Waals surface area (Å²) in [4.78, 5) is 0. The summed E-state index contributed by atoms with van der Waals surface area (Å²) in [5, 5.41) is 9.84. The highest BCUT2D eigenvalue weighted by Crippen LogP contribution is 2.35. The van der Waals surface area contributed by atoms with E-state index in [1.165, 1.54) is 0 Å². The molecule has 0 aliphatic rings. The lowest BCUT2D eigenvalue weighted by atomic mass is 10.2. The molecule has 2 rings (SSSR count). The van der Waals surface area contributed by atoms with E-state index in [0.717, 1.165) is 10.2 Å². The van der Waals surface area contributed by atoms with Crippen molar-refractivity contribution in [1.29, 1.82) is 0 Å². The summed E-state index contributed by atoms with van der Waals surface area (Å²) in [7, 11) is 1.60. The lowest BCUT2D eigenvalue weighted by Crippen LogP contribution is -1.93. The number of benzene rings is 2. The molecule has 0 unspecified atom stereocenters. The van der Waals surface area contributed by atoms with Crippen LogP contribution in [0.4, 0.5) is 0 Å². The van der Waals surface area contributed by atoms with Crippen molar-refractivity contribution < 1.29 is 14.6 Å². The zero-order valence-corrected chi connectivity index (χ0v) is 12.5. The summed E-state index contributed by atoms with van der Waals surface area (Å²) in [6.07, 6.45) is 0. The van der Waals surface area contributed by atoms with Crippen molar-refractivity contribution in [3.63, 3.8) is 0 Å². The maximum Gasteiger partial charge on any atom is 0.141 e. The first-order valence-electron chi connectivity index (χ1n) is 5.54. The van der Waals surface area contributed by atoms with Crippen LogP contribution in [-0.2, 0) is 6.61 Å². The number of hydrogen-bond acceptors (Lipinski definition) is 3. The van der Waals surface area contributed by atoms with Gasteiger partial charge in [0, 0.05) is 10.6 Å². The minimum Gasteiger partial charge on any atom is -0.497 e. The van der Waals surface area contributed by atoms with E-state index in [9.17, 15) is 5.11 Å². The van der Waals surface area contributed by atoms with Gasteiger partial charge in [-0.2, -0.15) is 0 Å². The molecule has 0 aliphatic heterocycles. The SMILES string of the molecule is COc1ccc(Oc2cc(Cl)ccc2CO)c(Br)c1. The van der Waals surface area contributed by atoms with Crippen molar-refractivity contribution in [1.82, 2.24) is 0 Å². The second-order valence-electron chi connectivity index (χ2n) is 3.81. The van der Waals surface area contributed by atoms with Crippen molar-refractivity contribution in [3.05, 3.63) is 51.5 Å². The largest absolute Gasteiger partial charge is 0.497 e. The van der Waals surface area contributed by atoms with Crippen molar-refractivity contribution >= 4 is 27.5 Å². The van der Waals surface area contributed by atoms with Gasteiger partial charge in [0.15, 0.2) is 0 Å². The van der Waals surface area contributed by atoms with Crippen molar-refractivity contribution in [2.24, 2.45) is 0 Å². The highest BCUT2D eigenvalue weighted by Gasteiger charge is 2.09. The number of aliphatic hydroxyl groups is 1. The van der Waals surface area contributed by atoms with Gasteiger partial charge in [-0.1, -0.05) is 17.7 Å². The van der Waals surface area contributed by atoms with E-state index in [1.807, 2.05) is 0 Å². The van der Waals surface area contributed by atoms with E-state index in [1.54, 1.807) is 43.5 Å². The van der Waals surface area contributed by atoms with Crippen LogP contribution in [0.1, 0.15) is 5.56 Å². The molecule has 0 radical (unpaired) electrons. The third kappa shape index (κ3) is 3.41. The Morgan fingerprint density at radius 2 is 1.95 bits per heavy atom. The fourth-order valence-corrected chi connectivity index (χ4v) is 2.16. The molecule has 1 N–H and O–H groups in total. The van der Waals surface area contributed by atoms with E-state index in [-0.39, 0.29) is 6.61 Å². The van der Waals surface area contributed by atoms with Crippen molar-refractivity contribution in [3.8, 4) is 17.2 Å². The summed E-state index contributed by atoms with van der Waals surface area (Å²) in [5.74, 6) is 1.88. The average molecular weight is 344 g/mol. The lowest BCUT2D eigenvalue weighted by molar-refractivity contribution is 0.276. The smallest absolute Gasteiger partial charge is 0.141 e. The molecule has 100 valence electrons. The zero-order chi connectivity index (χ0) is 13.8. The Balaban J connectivity index is 2.33. The van der Waals surface area contributed by atoms with E-state index in [2.05, 4.69) is 15.9 Å². The summed E-state index contributed by atoms with van der Waals surface area (Å²) >= 11 is 9.34. The van der Waals surface area contributed by atoms with Crippen LogP contribution in [-0.4, -0.2) is 12.2 Å². The minimum atomic E-state index is -0.111. The molecule has 0 spiro atoms. The zero-order valence-electron chi connectivity index (χ0n) is 10.2. The maximum atomic E-state index is 9.28. The normalized spacial score (nSPS) is 10.3. The number of methoxy groups -OCH3 is 1. The van der Waals surface area contributed by atoms with Gasteiger partial charge in [-0.25, -0.2) is 0 Å². The van der Waals surface area contributed by atoms with Gasteiger partial charge in [0.05, 0.1) is 18.2 Å². The molecule has 5 heteroatoms. The Morgan fingerprint density at radius 1 is 1.16 bits per heavy atom. The highest BCUT2D eigenvalue weighted by molar-refractivity contribution is 9.10. The van der Waals surface area contributed by atoms with Gasteiger partial charge < -0.3 is 14.6 Å². The molecular weight excluding hydrogens is 332 g/mol. The quantitative estimate of drug-likeness (QED) is 0.894. The Kier molecular flexibility index (Phi) is 4.69. The van der Waals surface area contributed by atoms with Crippen LogP contribution in [0.25, 0.3) is 0 Å². The van der Waals surface area contributed by atoms with Crippen LogP contribution >= 0.6 is 27.5 Å². The van der Waals surface area contributed by atoms with Crippen LogP contribution in [0, 0.1) is 0 Å². The second-order valence-corrected chi connectivity index (χ2v) is 5.10. The number of ether oxygens (including phenoxy) is 2. The third-order valence-electron chi connectivity index (χ3n) is 2.56. The molecule has 2 aromatic carbocycles. The fourth-order valence-electron chi connectivity index (χ4n) is 1.56. The van der Waals surface area contributed by atoms with E-state index in [4.69, 9.17) is 21.1 Å². The summed E-state index contributed by atoms with van der Waals surface area (Å²) in [6.45, 7) is -0.111. The molecule has 0 amide bonds. The van der Waals surface area contributed by atoms with Crippen LogP contribution in [0.5, 0.6) is 17.2 Å². The first-order chi connectivity index (χ1) is 9.13. The Hall–Kier alpha value is -1.23. The predicted octanol–water partition coefficient (Wildman–Crippen LogP) is 4.40. The molecule has 19 heavy (non-hydrogen) atoms. The second kappa shape index (κ2) is 6.28. The number of aliphatic hydroxyl groups excluding tert-OH is 1. The Bertz CT molecular complexity index is 587. The van der Waals surface area contributed by atoms with Crippen LogP contribution in [0.3, 0.4) is 0 Å². The summed E-state index contributed by atoms with van der Waals surface area (Å²) in [5.41, 5.74) is 0.673. The van der Waals surface area contributed by atoms with Crippen molar-refractivity contribution in [2.45, 2.75) is 6.61 Å². The van der Waals surface area contributed by atoms with Crippen molar-refractivity contribution in [2.75, 3.05) is 7.11 Å². The van der Waals surface area contributed by atoms with Crippen LogP contribution < -0.4 is 9.47 Å². The first kappa shape index (κ1) is 14.2. The van der Waals surface area contributed by atoms with Gasteiger partial charge in [0.2, 0.25) is 0 Å². The predicted molar refractivity (Wildman–Crippen MR) is 78.1 cm³/mol. The molecule has 0 bridgehead atoms. The minimum absolute atomic E-state index is 0.111. The summed E-state index contributed by atoms with van der Waals surface area (Å²) in [6, 6.07) is 10.5. The molecule has 0 aliphatic carbocycles. The third-order valence-corrected chi connectivity index (χ3v) is 3.41. The molecule has 0 saturated carbocycles. The molecule has 0 saturated heterocycles. The van der Waals surface area contributed by atoms with E-state index in [0.29, 0.717) is 22.1 Å². The van der Waals surface area contributed by atoms with E-state index >= 15 is 0 Å². The van der Waals surface area contributed by atoms with Gasteiger partial charge in [-0.3, -0.25) is 0 Å². The highest BCUT2D eigenvalue weighted by atomic mass is 79.9. The average Bonchev–Trinajstić information content (AvgIpc) is 2.41. The van der Waals surface area contributed by atoms with Gasteiger partial charge >= 0.3 is 0 Å². The lowest BCUT2D eigenvalue weighted by Gasteiger charge is -2.12. The standard InChI is InChI=1S/C14H12BrClO3/c1-18-11-4-5-13(12(15)7-11)19-14-6-10(16)3-2-9(14)8-17/h2-7,17H,8H2,1H3. The topological polar surface area (TPSA) is 38.7 Å². The monoisotopic (exact) mass is 342 g/mol. The van der Waals surface area contributed by atoms with Crippen LogP contribution in [0.2, 0.25) is 5.02 Å². The Morgan fingerprint density at radius 3 is 2.58 bits per heavy atom. The molecule has 3 nitrogen and oxygen atoms in total. The molecule has 0 aromatic heterocycles. The van der Waals surface area contributed by atoms with Gasteiger partial charge in [-0.15, -0.1) is 0 Å². The van der Waals surface area contributed by atoms with Crippen LogP contribution in [0.15, 0.2) is 40.9 Å². The van der Waals surface area contributed by atoms with Gasteiger partial charge in [0.1, 0.15) is 17.2 Å². The molecule has 0 atom stereocenters. The van der Waals surface area contributed by atoms with Gasteiger partial charge in [-0.05, 0) is 46.3 Å². The Labute approximate surface area is 124 Å². The molecule has 0 heterocycles. The number of halogens is 2. The summed E-state index contributed by atoms with van der Waals surface area (Å²) < 4.78 is 11.6. The van der Waals surface area contributed by atoms with Gasteiger partial charge in [0.25, 0.3) is 0 Å². The molecular formula is C14H12BrClO3. The fraction of sp³-hybridized carbons (Fsp3) is 0.143. The number of rotatable bonds is 4. The van der Waals surface area contributed by atoms with E-state index < -0.39 is 0 Å².